The summed E-state index contributed by atoms with van der Waals surface area (Å²) in [6, 6.07) is 8.45. The van der Waals surface area contributed by atoms with Crippen molar-refractivity contribution >= 4 is 55.5 Å². The topological polar surface area (TPSA) is 77.8 Å². The number of benzene rings is 2. The van der Waals surface area contributed by atoms with E-state index in [1.54, 1.807) is 22.7 Å². The molecule has 2 aromatic carbocycles. The Morgan fingerprint density at radius 2 is 1.04 bits per heavy atom. The molecular weight excluding hydrogens is 392 g/mol. The summed E-state index contributed by atoms with van der Waals surface area (Å²) in [6.45, 7) is 4.16. The van der Waals surface area contributed by atoms with Gasteiger partial charge in [0.05, 0.1) is 0 Å². The van der Waals surface area contributed by atoms with E-state index in [0.717, 1.165) is 53.7 Å². The lowest BCUT2D eigenvalue weighted by Crippen LogP contribution is -1.86. The van der Waals surface area contributed by atoms with Gasteiger partial charge in [-0.05, 0) is 80.6 Å². The first-order chi connectivity index (χ1) is 13.7. The van der Waals surface area contributed by atoms with Crippen LogP contribution in [0.25, 0.3) is 53.7 Å². The smallest absolute Gasteiger partial charge is 0.144 e. The van der Waals surface area contributed by atoms with Gasteiger partial charge in [0.2, 0.25) is 0 Å². The second-order valence-electron chi connectivity index (χ2n) is 6.84. The van der Waals surface area contributed by atoms with Crippen LogP contribution >= 0.6 is 22.7 Å². The Bertz CT molecular complexity index is 1390. The summed E-state index contributed by atoms with van der Waals surface area (Å²) in [5.74, 6) is 0. The van der Waals surface area contributed by atoms with Gasteiger partial charge in [-0.25, -0.2) is 9.26 Å². The molecule has 0 N–H and O–H groups in total. The lowest BCUT2D eigenvalue weighted by atomic mass is 9.98. The van der Waals surface area contributed by atoms with E-state index in [9.17, 15) is 0 Å². The molecule has 6 nitrogen and oxygen atoms in total. The van der Waals surface area contributed by atoms with E-state index >= 15 is 0 Å². The highest BCUT2D eigenvalue weighted by molar-refractivity contribution is 7.14. The van der Waals surface area contributed by atoms with Crippen molar-refractivity contribution in [3.63, 3.8) is 0 Å². The first-order valence-electron chi connectivity index (χ1n) is 8.64. The number of rotatable bonds is 2. The van der Waals surface area contributed by atoms with Gasteiger partial charge in [0, 0.05) is 31.7 Å². The molecule has 0 atom stereocenters. The number of aromatic nitrogens is 4. The second kappa shape index (κ2) is 5.70. The van der Waals surface area contributed by atoms with Gasteiger partial charge in [-0.3, -0.25) is 0 Å². The van der Waals surface area contributed by atoms with Gasteiger partial charge in [0.1, 0.15) is 22.1 Å². The molecule has 6 rings (SSSR count). The summed E-state index contributed by atoms with van der Waals surface area (Å²) in [5, 5.41) is 22.9. The van der Waals surface area contributed by atoms with E-state index in [1.807, 2.05) is 0 Å². The van der Waals surface area contributed by atoms with Crippen molar-refractivity contribution in [2.75, 3.05) is 0 Å². The number of aryl methyl sites for hydroxylation is 2. The summed E-state index contributed by atoms with van der Waals surface area (Å²) in [7, 11) is 0. The highest BCUT2D eigenvalue weighted by Crippen LogP contribution is 2.41. The average Bonchev–Trinajstić information content (AvgIpc) is 3.47. The molecule has 8 heteroatoms. The predicted molar refractivity (Wildman–Crippen MR) is 111 cm³/mol. The van der Waals surface area contributed by atoms with E-state index in [1.165, 1.54) is 11.1 Å². The van der Waals surface area contributed by atoms with Crippen molar-refractivity contribution in [2.24, 2.45) is 0 Å². The van der Waals surface area contributed by atoms with E-state index in [0.29, 0.717) is 0 Å². The maximum Gasteiger partial charge on any atom is 0.144 e. The van der Waals surface area contributed by atoms with Crippen LogP contribution in [0, 0.1) is 13.8 Å². The Kier molecular flexibility index (Phi) is 3.24. The molecular formula is C20H12N4O2S2. The van der Waals surface area contributed by atoms with Crippen LogP contribution in [0.5, 0.6) is 0 Å². The molecule has 0 aliphatic heterocycles. The minimum atomic E-state index is 0.720. The molecule has 4 aromatic heterocycles. The molecule has 0 amide bonds. The van der Waals surface area contributed by atoms with Crippen molar-refractivity contribution < 1.29 is 9.26 Å². The van der Waals surface area contributed by atoms with Gasteiger partial charge >= 0.3 is 0 Å². The fraction of sp³-hybridized carbons (Fsp3) is 0.100. The Morgan fingerprint density at radius 3 is 1.43 bits per heavy atom. The van der Waals surface area contributed by atoms with Gasteiger partial charge in [-0.15, -0.1) is 22.7 Å². The zero-order valence-electron chi connectivity index (χ0n) is 14.9. The second-order valence-corrected chi connectivity index (χ2v) is 8.67. The molecule has 4 heterocycles. The molecule has 6 aromatic rings. The predicted octanol–water partition coefficient (Wildman–Crippen LogP) is 5.99. The molecule has 0 aliphatic carbocycles. The number of fused-ring (bicyclic) bond motifs is 5. The average molecular weight is 404 g/mol. The van der Waals surface area contributed by atoms with Gasteiger partial charge in [-0.2, -0.15) is 0 Å². The molecule has 0 unspecified atom stereocenters. The normalized spacial score (nSPS) is 11.9. The molecule has 0 saturated heterocycles. The summed E-state index contributed by atoms with van der Waals surface area (Å²) < 4.78 is 10.3. The van der Waals surface area contributed by atoms with Crippen molar-refractivity contribution in [3.05, 3.63) is 46.2 Å². The summed E-state index contributed by atoms with van der Waals surface area (Å²) in [6.07, 6.45) is 0. The lowest BCUT2D eigenvalue weighted by Gasteiger charge is -2.06. The lowest BCUT2D eigenvalue weighted by molar-refractivity contribution is 0.316. The van der Waals surface area contributed by atoms with Crippen LogP contribution in [0.4, 0.5) is 0 Å². The molecule has 0 spiro atoms. The van der Waals surface area contributed by atoms with E-state index < -0.39 is 0 Å². The minimum Gasteiger partial charge on any atom is -0.243 e. The molecule has 136 valence electrons. The van der Waals surface area contributed by atoms with E-state index in [2.05, 4.69) is 69.5 Å². The molecule has 0 bridgehead atoms. The fourth-order valence-electron chi connectivity index (χ4n) is 3.58. The maximum atomic E-state index is 5.13. The number of hydrogen-bond acceptors (Lipinski definition) is 8. The van der Waals surface area contributed by atoms with Crippen molar-refractivity contribution in [2.45, 2.75) is 13.8 Å². The van der Waals surface area contributed by atoms with Crippen LogP contribution in [0.1, 0.15) is 11.1 Å². The van der Waals surface area contributed by atoms with Gasteiger partial charge in [0.15, 0.2) is 0 Å². The van der Waals surface area contributed by atoms with Gasteiger partial charge in [0.25, 0.3) is 0 Å². The van der Waals surface area contributed by atoms with Gasteiger partial charge < -0.3 is 0 Å². The summed E-state index contributed by atoms with van der Waals surface area (Å²) >= 11 is 3.34. The SMILES string of the molecule is Cc1csc(-c2cc3c(cc(-c4cc(C)cs4)c4nonc43)c3nonc23)c1. The summed E-state index contributed by atoms with van der Waals surface area (Å²) in [5.41, 5.74) is 7.31. The van der Waals surface area contributed by atoms with Crippen molar-refractivity contribution in [1.29, 1.82) is 0 Å². The maximum absolute atomic E-state index is 5.13. The Morgan fingerprint density at radius 1 is 0.607 bits per heavy atom. The van der Waals surface area contributed by atoms with Crippen LogP contribution < -0.4 is 0 Å². The number of hydrogen-bond donors (Lipinski definition) is 0. The van der Waals surface area contributed by atoms with E-state index in [-0.39, 0.29) is 0 Å². The first kappa shape index (κ1) is 15.9. The highest BCUT2D eigenvalue weighted by atomic mass is 32.1. The zero-order chi connectivity index (χ0) is 18.8. The quantitative estimate of drug-likeness (QED) is 0.353. The van der Waals surface area contributed by atoms with E-state index in [4.69, 9.17) is 9.26 Å². The zero-order valence-corrected chi connectivity index (χ0v) is 16.5. The third-order valence-electron chi connectivity index (χ3n) is 4.86. The van der Waals surface area contributed by atoms with Crippen LogP contribution in [0.3, 0.4) is 0 Å². The monoisotopic (exact) mass is 404 g/mol. The standard InChI is InChI=1S/C20H12N4O2S2/c1-9-3-15(27-7-9)13-5-11-12(17-19(13)23-25-21-17)6-14(16-4-10(2)8-28-16)20-18(11)22-26-24-20/h3-8H,1-2H3. The largest absolute Gasteiger partial charge is 0.243 e. The molecule has 0 aliphatic rings. The molecule has 0 saturated carbocycles. The van der Waals surface area contributed by atoms with Crippen LogP contribution in [0.2, 0.25) is 0 Å². The molecule has 0 fully saturated rings. The fourth-order valence-corrected chi connectivity index (χ4v) is 5.41. The third kappa shape index (κ3) is 2.18. The van der Waals surface area contributed by atoms with Crippen molar-refractivity contribution in [1.82, 2.24) is 20.6 Å². The Hall–Kier alpha value is -3.10. The Labute approximate surface area is 166 Å². The minimum absolute atomic E-state index is 0.720. The molecule has 0 radical (unpaired) electrons. The van der Waals surface area contributed by atoms with Crippen LogP contribution in [-0.4, -0.2) is 20.6 Å². The number of nitrogens with zero attached hydrogens (tertiary/aromatic N) is 4. The first-order valence-corrected chi connectivity index (χ1v) is 10.4. The van der Waals surface area contributed by atoms with Gasteiger partial charge in [-0.1, -0.05) is 0 Å². The van der Waals surface area contributed by atoms with Crippen LogP contribution in [-0.2, 0) is 0 Å². The molecule has 28 heavy (non-hydrogen) atoms. The third-order valence-corrected chi connectivity index (χ3v) is 7.02. The summed E-state index contributed by atoms with van der Waals surface area (Å²) in [4.78, 5) is 2.23. The highest BCUT2D eigenvalue weighted by Gasteiger charge is 2.21. The Balaban J connectivity index is 1.77. The van der Waals surface area contributed by atoms with Crippen LogP contribution in [0.15, 0.2) is 44.3 Å². The number of thiophene rings is 2. The van der Waals surface area contributed by atoms with Crippen molar-refractivity contribution in [3.8, 4) is 20.9 Å².